The van der Waals surface area contributed by atoms with Crippen molar-refractivity contribution in [2.45, 2.75) is 18.7 Å². The number of hydrazine groups is 1. The van der Waals surface area contributed by atoms with Crippen molar-refractivity contribution < 1.29 is 29.6 Å². The highest BCUT2D eigenvalue weighted by molar-refractivity contribution is 5.99. The third kappa shape index (κ3) is 5.55. The van der Waals surface area contributed by atoms with E-state index in [-0.39, 0.29) is 17.5 Å². The van der Waals surface area contributed by atoms with Gasteiger partial charge in [0.1, 0.15) is 18.3 Å². The summed E-state index contributed by atoms with van der Waals surface area (Å²) in [5.41, 5.74) is 3.88. The number of likely N-dealkylation sites (tertiary alicyclic amines) is 1. The number of urea groups is 1. The number of anilines is 3. The molecule has 35 heavy (non-hydrogen) atoms. The summed E-state index contributed by atoms with van der Waals surface area (Å²) in [6, 6.07) is 6.21. The Bertz CT molecular complexity index is 1150. The zero-order valence-electron chi connectivity index (χ0n) is 18.9. The number of amides is 3. The first kappa shape index (κ1) is 24.1. The van der Waals surface area contributed by atoms with Gasteiger partial charge in [0.05, 0.1) is 18.5 Å². The molecule has 15 nitrogen and oxygen atoms in total. The molecule has 0 radical (unpaired) electrons. The number of carbonyl (C=O) groups excluding carboxylic acids is 2. The van der Waals surface area contributed by atoms with Crippen LogP contribution in [-0.4, -0.2) is 87.0 Å². The number of methoxy groups -OCH3 is 1. The quantitative estimate of drug-likeness (QED) is 0.243. The molecule has 1 aromatic carbocycles. The van der Waals surface area contributed by atoms with Gasteiger partial charge in [0.15, 0.2) is 11.5 Å². The van der Waals surface area contributed by atoms with Crippen LogP contribution >= 0.6 is 0 Å². The van der Waals surface area contributed by atoms with E-state index in [1.54, 1.807) is 40.7 Å². The Labute approximate surface area is 199 Å². The summed E-state index contributed by atoms with van der Waals surface area (Å²) in [6.45, 7) is 1.24. The van der Waals surface area contributed by atoms with E-state index in [0.29, 0.717) is 30.1 Å². The van der Waals surface area contributed by atoms with Crippen LogP contribution in [0.15, 0.2) is 29.3 Å². The first-order valence-electron chi connectivity index (χ1n) is 10.5. The maximum absolute atomic E-state index is 12.5. The highest BCUT2D eigenvalue weighted by Gasteiger charge is 2.28. The number of aromatic nitrogens is 2. The third-order valence-electron chi connectivity index (χ3n) is 5.20. The molecular formula is C20H25N9O6. The number of ether oxygens (including phenoxy) is 1. The average molecular weight is 487 g/mol. The molecule has 1 unspecified atom stereocenters. The Kier molecular flexibility index (Phi) is 6.65. The van der Waals surface area contributed by atoms with E-state index < -0.39 is 23.9 Å². The Morgan fingerprint density at radius 3 is 2.57 bits per heavy atom. The minimum absolute atomic E-state index is 0.0381. The lowest BCUT2D eigenvalue weighted by molar-refractivity contribution is -0.323. The van der Waals surface area contributed by atoms with Crippen LogP contribution in [-0.2, 0) is 0 Å². The van der Waals surface area contributed by atoms with Crippen LogP contribution in [0.1, 0.15) is 28.6 Å². The molecule has 7 N–H and O–H groups in total. The molecule has 4 rings (SSSR count). The number of aliphatic imine (C=N–C) groups is 1. The van der Waals surface area contributed by atoms with Crippen molar-refractivity contribution in [2.24, 2.45) is 4.99 Å². The molecular weight excluding hydrogens is 462 g/mol. The molecule has 0 aliphatic carbocycles. The van der Waals surface area contributed by atoms with Gasteiger partial charge in [-0.3, -0.25) is 20.4 Å². The van der Waals surface area contributed by atoms with E-state index in [4.69, 9.17) is 20.1 Å². The fourth-order valence-corrected chi connectivity index (χ4v) is 3.45. The van der Waals surface area contributed by atoms with E-state index in [9.17, 15) is 9.59 Å². The highest BCUT2D eigenvalue weighted by atomic mass is 16.7. The van der Waals surface area contributed by atoms with Crippen molar-refractivity contribution in [1.29, 1.82) is 0 Å². The predicted octanol–water partition coefficient (Wildman–Crippen LogP) is -0.739. The summed E-state index contributed by atoms with van der Waals surface area (Å²) < 4.78 is 5.60. The van der Waals surface area contributed by atoms with Gasteiger partial charge in [0.2, 0.25) is 0 Å². The summed E-state index contributed by atoms with van der Waals surface area (Å²) in [5, 5.41) is 44.0. The second-order valence-corrected chi connectivity index (χ2v) is 7.81. The van der Waals surface area contributed by atoms with Gasteiger partial charge in [-0.1, -0.05) is 12.1 Å². The minimum Gasteiger partial charge on any atom is -0.494 e. The molecule has 186 valence electrons. The van der Waals surface area contributed by atoms with Crippen LogP contribution in [0.4, 0.5) is 22.0 Å². The van der Waals surface area contributed by atoms with Crippen molar-refractivity contribution in [3.05, 3.63) is 35.5 Å². The molecule has 1 atom stereocenters. The zero-order valence-corrected chi connectivity index (χ0v) is 18.9. The van der Waals surface area contributed by atoms with Crippen LogP contribution in [0.5, 0.6) is 5.75 Å². The van der Waals surface area contributed by atoms with Gasteiger partial charge in [-0.05, 0) is 12.5 Å². The van der Waals surface area contributed by atoms with Crippen LogP contribution < -0.4 is 26.1 Å². The Morgan fingerprint density at radius 1 is 1.20 bits per heavy atom. The van der Waals surface area contributed by atoms with Gasteiger partial charge in [-0.25, -0.2) is 15.2 Å². The van der Waals surface area contributed by atoms with Gasteiger partial charge in [0, 0.05) is 31.8 Å². The molecule has 1 aromatic heterocycles. The van der Waals surface area contributed by atoms with Crippen LogP contribution in [0, 0.1) is 0 Å². The van der Waals surface area contributed by atoms with Crippen LogP contribution in [0.25, 0.3) is 0 Å². The van der Waals surface area contributed by atoms with Crippen molar-refractivity contribution in [3.63, 3.8) is 0 Å². The van der Waals surface area contributed by atoms with E-state index in [0.717, 1.165) is 6.42 Å². The number of hydrogen-bond acceptors (Lipinski definition) is 12. The maximum Gasteiger partial charge on any atom is 0.369 e. The van der Waals surface area contributed by atoms with Crippen LogP contribution in [0.3, 0.4) is 0 Å². The van der Waals surface area contributed by atoms with Crippen molar-refractivity contribution >= 4 is 35.5 Å². The zero-order chi connectivity index (χ0) is 25.2. The monoisotopic (exact) mass is 487 g/mol. The fraction of sp³-hybridized carbons (Fsp3) is 0.350. The molecule has 2 aliphatic heterocycles. The van der Waals surface area contributed by atoms with Gasteiger partial charge >= 0.3 is 12.1 Å². The lowest BCUT2D eigenvalue weighted by Crippen LogP contribution is -2.48. The topological polar surface area (TPSA) is 197 Å². The number of nitrogens with one attached hydrogen (secondary N) is 4. The number of hydrogen-bond donors (Lipinski definition) is 7. The lowest BCUT2D eigenvalue weighted by atomic mass is 10.1. The van der Waals surface area contributed by atoms with E-state index >= 15 is 0 Å². The number of para-hydroxylation sites is 1. The second-order valence-electron chi connectivity index (χ2n) is 7.81. The van der Waals surface area contributed by atoms with E-state index in [1.165, 1.54) is 13.2 Å². The Hall–Kier alpha value is -4.05. The van der Waals surface area contributed by atoms with Crippen molar-refractivity contribution in [3.8, 4) is 5.75 Å². The third-order valence-corrected chi connectivity index (χ3v) is 5.20. The standard InChI is InChI=1S/C20H25N9O6/c1-28-10-21-17(27-28)11-5-3-6-12(16(11)35-2)22-13-9-14(23-19(31)29-7-4-8-29)25-26-15(13)18(30)24-20(32,33)34/h3,5-6,9-10,17,27,32-34H,4,7-8H2,1-2H3,(H,24,30)(H2,22,23,25,31). The van der Waals surface area contributed by atoms with Gasteiger partial charge in [-0.15, -0.1) is 10.2 Å². The van der Waals surface area contributed by atoms with Crippen LogP contribution in [0.2, 0.25) is 0 Å². The highest BCUT2D eigenvalue weighted by Crippen LogP contribution is 2.36. The average Bonchev–Trinajstić information content (AvgIpc) is 3.17. The Morgan fingerprint density at radius 2 is 1.97 bits per heavy atom. The summed E-state index contributed by atoms with van der Waals surface area (Å²) in [6.07, 6.45) is -1.37. The SMILES string of the molecule is COc1c(Nc2cc(NC(=O)N3CCC3)nnc2C(=O)NC(O)(O)O)cccc1C1N=CN(C)N1. The maximum atomic E-state index is 12.5. The molecule has 1 fully saturated rings. The molecule has 0 bridgehead atoms. The number of aliphatic hydroxyl groups is 3. The molecule has 2 aromatic rings. The summed E-state index contributed by atoms with van der Waals surface area (Å²) in [4.78, 5) is 30.8. The summed E-state index contributed by atoms with van der Waals surface area (Å²) in [5.74, 6) is -0.692. The van der Waals surface area contributed by atoms with E-state index in [2.05, 4.69) is 31.2 Å². The normalized spacial score (nSPS) is 17.1. The summed E-state index contributed by atoms with van der Waals surface area (Å²) in [7, 11) is 3.27. The largest absolute Gasteiger partial charge is 0.494 e. The molecule has 1 saturated heterocycles. The molecule has 0 spiro atoms. The Balaban J connectivity index is 1.68. The first-order chi connectivity index (χ1) is 16.6. The molecule has 3 heterocycles. The second kappa shape index (κ2) is 9.67. The first-order valence-corrected chi connectivity index (χ1v) is 10.5. The van der Waals surface area contributed by atoms with Gasteiger partial charge < -0.3 is 30.3 Å². The lowest BCUT2D eigenvalue weighted by Gasteiger charge is -2.30. The molecule has 3 amide bonds. The number of carbonyl (C=O) groups is 2. The van der Waals surface area contributed by atoms with Crippen molar-refractivity contribution in [1.82, 2.24) is 30.8 Å². The van der Waals surface area contributed by atoms with Crippen molar-refractivity contribution in [2.75, 3.05) is 37.9 Å². The summed E-state index contributed by atoms with van der Waals surface area (Å²) >= 11 is 0. The number of nitrogens with zero attached hydrogens (tertiary/aromatic N) is 5. The molecule has 0 saturated carbocycles. The number of rotatable bonds is 7. The van der Waals surface area contributed by atoms with Gasteiger partial charge in [0.25, 0.3) is 5.91 Å². The smallest absolute Gasteiger partial charge is 0.369 e. The molecule has 15 heteroatoms. The minimum atomic E-state index is -3.48. The fourth-order valence-electron chi connectivity index (χ4n) is 3.45. The number of benzene rings is 1. The van der Waals surface area contributed by atoms with E-state index in [1.807, 2.05) is 6.07 Å². The van der Waals surface area contributed by atoms with Gasteiger partial charge in [-0.2, -0.15) is 0 Å². The predicted molar refractivity (Wildman–Crippen MR) is 123 cm³/mol. The molecule has 2 aliphatic rings.